The zero-order chi connectivity index (χ0) is 11.0. The third-order valence-corrected chi connectivity index (χ3v) is 2.78. The van der Waals surface area contributed by atoms with Crippen LogP contribution in [-0.2, 0) is 13.1 Å². The Kier molecular flexibility index (Phi) is 2.18. The Bertz CT molecular complexity index is 517. The van der Waals surface area contributed by atoms with E-state index in [2.05, 4.69) is 20.4 Å². The molecule has 0 aromatic carbocycles. The van der Waals surface area contributed by atoms with E-state index in [1.807, 2.05) is 23.9 Å². The maximum absolute atomic E-state index is 4.43. The Morgan fingerprint density at radius 3 is 3.25 bits per heavy atom. The summed E-state index contributed by atoms with van der Waals surface area (Å²) in [6.07, 6.45) is 3.65. The summed E-state index contributed by atoms with van der Waals surface area (Å²) in [5.41, 5.74) is 3.20. The highest BCUT2D eigenvalue weighted by Gasteiger charge is 2.16. The second kappa shape index (κ2) is 3.68. The van der Waals surface area contributed by atoms with Crippen LogP contribution in [0.25, 0.3) is 11.4 Å². The van der Waals surface area contributed by atoms with E-state index in [0.29, 0.717) is 0 Å². The SMILES string of the molecule is Cc1ccnc(-c2cnn3c2CNCC3)n1. The van der Waals surface area contributed by atoms with E-state index in [0.717, 1.165) is 36.7 Å². The quantitative estimate of drug-likeness (QED) is 0.762. The average molecular weight is 215 g/mol. The second-order valence-corrected chi connectivity index (χ2v) is 3.93. The standard InChI is InChI=1S/C11H13N5/c1-8-2-3-13-11(15-8)9-6-14-16-5-4-12-7-10(9)16/h2-3,6,12H,4-5,7H2,1H3. The van der Waals surface area contributed by atoms with E-state index >= 15 is 0 Å². The molecule has 2 aromatic heterocycles. The third-order valence-electron chi connectivity index (χ3n) is 2.78. The molecule has 0 fully saturated rings. The number of hydrogen-bond donors (Lipinski definition) is 1. The fourth-order valence-electron chi connectivity index (χ4n) is 1.95. The van der Waals surface area contributed by atoms with Gasteiger partial charge in [0.2, 0.25) is 0 Å². The van der Waals surface area contributed by atoms with Crippen molar-refractivity contribution < 1.29 is 0 Å². The summed E-state index contributed by atoms with van der Waals surface area (Å²) >= 11 is 0. The first kappa shape index (κ1) is 9.47. The zero-order valence-corrected chi connectivity index (χ0v) is 9.14. The summed E-state index contributed by atoms with van der Waals surface area (Å²) < 4.78 is 2.03. The van der Waals surface area contributed by atoms with Crippen molar-refractivity contribution in [1.82, 2.24) is 25.1 Å². The molecule has 1 N–H and O–H groups in total. The lowest BCUT2D eigenvalue weighted by Crippen LogP contribution is -2.28. The minimum Gasteiger partial charge on any atom is -0.309 e. The van der Waals surface area contributed by atoms with Crippen LogP contribution in [0.5, 0.6) is 0 Å². The van der Waals surface area contributed by atoms with Crippen molar-refractivity contribution in [3.63, 3.8) is 0 Å². The molecule has 0 amide bonds. The van der Waals surface area contributed by atoms with Crippen molar-refractivity contribution in [2.24, 2.45) is 0 Å². The maximum atomic E-state index is 4.43. The third kappa shape index (κ3) is 1.49. The van der Waals surface area contributed by atoms with Crippen molar-refractivity contribution in [2.45, 2.75) is 20.0 Å². The second-order valence-electron chi connectivity index (χ2n) is 3.93. The van der Waals surface area contributed by atoms with Crippen LogP contribution in [0.1, 0.15) is 11.4 Å². The van der Waals surface area contributed by atoms with Gasteiger partial charge in [-0.3, -0.25) is 4.68 Å². The maximum Gasteiger partial charge on any atom is 0.162 e. The van der Waals surface area contributed by atoms with Gasteiger partial charge in [0.1, 0.15) is 0 Å². The molecule has 5 nitrogen and oxygen atoms in total. The van der Waals surface area contributed by atoms with Gasteiger partial charge in [-0.2, -0.15) is 5.10 Å². The molecule has 0 bridgehead atoms. The fourth-order valence-corrected chi connectivity index (χ4v) is 1.95. The Balaban J connectivity index is 2.09. The highest BCUT2D eigenvalue weighted by atomic mass is 15.3. The van der Waals surface area contributed by atoms with Crippen molar-refractivity contribution >= 4 is 0 Å². The van der Waals surface area contributed by atoms with Gasteiger partial charge in [0, 0.05) is 25.0 Å². The first-order valence-corrected chi connectivity index (χ1v) is 5.40. The average Bonchev–Trinajstić information content (AvgIpc) is 2.72. The van der Waals surface area contributed by atoms with Crippen LogP contribution in [0.4, 0.5) is 0 Å². The molecule has 5 heteroatoms. The van der Waals surface area contributed by atoms with Gasteiger partial charge >= 0.3 is 0 Å². The monoisotopic (exact) mass is 215 g/mol. The van der Waals surface area contributed by atoms with Crippen molar-refractivity contribution in [3.05, 3.63) is 29.8 Å². The largest absolute Gasteiger partial charge is 0.309 e. The number of aryl methyl sites for hydroxylation is 1. The number of aromatic nitrogens is 4. The molecule has 1 aliphatic heterocycles. The number of nitrogens with one attached hydrogen (secondary N) is 1. The van der Waals surface area contributed by atoms with Crippen molar-refractivity contribution in [2.75, 3.05) is 6.54 Å². The summed E-state index contributed by atoms with van der Waals surface area (Å²) in [6, 6.07) is 1.90. The van der Waals surface area contributed by atoms with E-state index in [4.69, 9.17) is 0 Å². The molecule has 3 rings (SSSR count). The van der Waals surface area contributed by atoms with Crippen molar-refractivity contribution in [1.29, 1.82) is 0 Å². The fraction of sp³-hybridized carbons (Fsp3) is 0.364. The summed E-state index contributed by atoms with van der Waals surface area (Å²) in [5, 5.41) is 7.69. The highest BCUT2D eigenvalue weighted by molar-refractivity contribution is 5.57. The lowest BCUT2D eigenvalue weighted by atomic mass is 10.2. The number of hydrogen-bond acceptors (Lipinski definition) is 4. The molecule has 0 saturated carbocycles. The van der Waals surface area contributed by atoms with Gasteiger partial charge in [0.25, 0.3) is 0 Å². The van der Waals surface area contributed by atoms with Gasteiger partial charge in [-0.15, -0.1) is 0 Å². The minimum atomic E-state index is 0.768. The summed E-state index contributed by atoms with van der Waals surface area (Å²) in [5.74, 6) is 0.768. The first-order chi connectivity index (χ1) is 7.84. The summed E-state index contributed by atoms with van der Waals surface area (Å²) in [4.78, 5) is 8.73. The van der Waals surface area contributed by atoms with Crippen LogP contribution in [0.3, 0.4) is 0 Å². The van der Waals surface area contributed by atoms with Gasteiger partial charge in [0.15, 0.2) is 5.82 Å². The lowest BCUT2D eigenvalue weighted by Gasteiger charge is -2.15. The van der Waals surface area contributed by atoms with Gasteiger partial charge in [0.05, 0.1) is 24.0 Å². The summed E-state index contributed by atoms with van der Waals surface area (Å²) in [7, 11) is 0. The Labute approximate surface area is 93.5 Å². The predicted octanol–water partition coefficient (Wildman–Crippen LogP) is 0.752. The summed E-state index contributed by atoms with van der Waals surface area (Å²) in [6.45, 7) is 4.70. The van der Waals surface area contributed by atoms with Gasteiger partial charge in [-0.25, -0.2) is 9.97 Å². The molecule has 1 aliphatic rings. The van der Waals surface area contributed by atoms with E-state index in [1.165, 1.54) is 5.69 Å². The van der Waals surface area contributed by atoms with Crippen LogP contribution < -0.4 is 5.32 Å². The lowest BCUT2D eigenvalue weighted by molar-refractivity contribution is 0.476. The Morgan fingerprint density at radius 2 is 2.38 bits per heavy atom. The Hall–Kier alpha value is -1.75. The van der Waals surface area contributed by atoms with E-state index < -0.39 is 0 Å². The molecule has 0 saturated heterocycles. The van der Waals surface area contributed by atoms with Gasteiger partial charge < -0.3 is 5.32 Å². The van der Waals surface area contributed by atoms with Gasteiger partial charge in [-0.05, 0) is 13.0 Å². The smallest absolute Gasteiger partial charge is 0.162 e. The van der Waals surface area contributed by atoms with Crippen LogP contribution in [0.15, 0.2) is 18.5 Å². The number of fused-ring (bicyclic) bond motifs is 1. The molecule has 0 radical (unpaired) electrons. The molecule has 0 unspecified atom stereocenters. The predicted molar refractivity (Wildman–Crippen MR) is 59.7 cm³/mol. The van der Waals surface area contributed by atoms with Gasteiger partial charge in [-0.1, -0.05) is 0 Å². The highest BCUT2D eigenvalue weighted by Crippen LogP contribution is 2.21. The molecule has 3 heterocycles. The van der Waals surface area contributed by atoms with E-state index in [9.17, 15) is 0 Å². The van der Waals surface area contributed by atoms with Crippen LogP contribution in [-0.4, -0.2) is 26.3 Å². The molecule has 0 atom stereocenters. The first-order valence-electron chi connectivity index (χ1n) is 5.40. The normalized spacial score (nSPS) is 14.8. The molecule has 16 heavy (non-hydrogen) atoms. The molecule has 2 aromatic rings. The number of nitrogens with zero attached hydrogens (tertiary/aromatic N) is 4. The van der Waals surface area contributed by atoms with Crippen molar-refractivity contribution in [3.8, 4) is 11.4 Å². The van der Waals surface area contributed by atoms with Crippen LogP contribution in [0.2, 0.25) is 0 Å². The Morgan fingerprint density at radius 1 is 1.44 bits per heavy atom. The van der Waals surface area contributed by atoms with Crippen LogP contribution >= 0.6 is 0 Å². The molecule has 0 spiro atoms. The van der Waals surface area contributed by atoms with E-state index in [1.54, 1.807) is 6.20 Å². The molecule has 82 valence electrons. The minimum absolute atomic E-state index is 0.768. The molecular weight excluding hydrogens is 202 g/mol. The topological polar surface area (TPSA) is 55.6 Å². The number of rotatable bonds is 1. The van der Waals surface area contributed by atoms with Crippen LogP contribution in [0, 0.1) is 6.92 Å². The van der Waals surface area contributed by atoms with E-state index in [-0.39, 0.29) is 0 Å². The molecular formula is C11H13N5. The molecule has 0 aliphatic carbocycles. The zero-order valence-electron chi connectivity index (χ0n) is 9.14.